The van der Waals surface area contributed by atoms with Crippen LogP contribution in [-0.4, -0.2) is 31.9 Å². The van der Waals surface area contributed by atoms with Gasteiger partial charge in [0, 0.05) is 6.54 Å². The Hall–Kier alpha value is -1.60. The molecule has 6 nitrogen and oxygen atoms in total. The van der Waals surface area contributed by atoms with Gasteiger partial charge in [0.25, 0.3) is 0 Å². The van der Waals surface area contributed by atoms with E-state index >= 15 is 0 Å². The van der Waals surface area contributed by atoms with Crippen LogP contribution >= 0.6 is 0 Å². The van der Waals surface area contributed by atoms with Gasteiger partial charge in [-0.15, -0.1) is 0 Å². The molecule has 0 fully saturated rings. The second-order valence-corrected chi connectivity index (χ2v) is 5.78. The Morgan fingerprint density at radius 3 is 2.39 bits per heavy atom. The molecule has 100 valence electrons. The zero-order chi connectivity index (χ0) is 13.8. The molecular formula is C11H15NO5S. The van der Waals surface area contributed by atoms with Crippen LogP contribution in [0.4, 0.5) is 0 Å². The zero-order valence-corrected chi connectivity index (χ0v) is 10.9. The average Bonchev–Trinajstić information content (AvgIpc) is 2.36. The highest BCUT2D eigenvalue weighted by Crippen LogP contribution is 2.11. The summed E-state index contributed by atoms with van der Waals surface area (Å²) in [6.45, 7) is 1.17. The second-order valence-electron chi connectivity index (χ2n) is 3.69. The van der Waals surface area contributed by atoms with Crippen LogP contribution in [0.2, 0.25) is 0 Å². The van der Waals surface area contributed by atoms with Gasteiger partial charge in [0.15, 0.2) is 5.25 Å². The molecule has 1 aromatic carbocycles. The first-order valence-electron chi connectivity index (χ1n) is 5.21. The fraction of sp³-hybridized carbons (Fsp3) is 0.364. The molecule has 0 aliphatic carbocycles. The standard InChI is InChI=1S/C11H15NO5S/c1-8(11(13)14)18(15,16)12-7-9-3-5-10(17-2)6-4-9/h3-6,8,12H,7H2,1-2H3,(H,13,14). The van der Waals surface area contributed by atoms with Gasteiger partial charge in [0.1, 0.15) is 5.75 Å². The molecular weight excluding hydrogens is 258 g/mol. The molecule has 0 aliphatic heterocycles. The summed E-state index contributed by atoms with van der Waals surface area (Å²) in [5.74, 6) is -0.710. The maximum Gasteiger partial charge on any atom is 0.323 e. The molecule has 0 aliphatic rings. The van der Waals surface area contributed by atoms with Crippen LogP contribution in [0.5, 0.6) is 5.75 Å². The van der Waals surface area contributed by atoms with Crippen molar-refractivity contribution in [2.24, 2.45) is 0 Å². The maximum absolute atomic E-state index is 11.6. The van der Waals surface area contributed by atoms with Crippen molar-refractivity contribution in [1.29, 1.82) is 0 Å². The molecule has 0 aromatic heterocycles. The topological polar surface area (TPSA) is 92.7 Å². The summed E-state index contributed by atoms with van der Waals surface area (Å²) in [4.78, 5) is 10.6. The Morgan fingerprint density at radius 2 is 1.94 bits per heavy atom. The minimum atomic E-state index is -3.85. The van der Waals surface area contributed by atoms with Crippen LogP contribution in [0.25, 0.3) is 0 Å². The Labute approximate surface area is 106 Å². The number of benzene rings is 1. The molecule has 1 atom stereocenters. The van der Waals surface area contributed by atoms with Gasteiger partial charge < -0.3 is 9.84 Å². The van der Waals surface area contributed by atoms with Crippen LogP contribution in [0.1, 0.15) is 12.5 Å². The summed E-state index contributed by atoms with van der Waals surface area (Å²) in [7, 11) is -2.32. The average molecular weight is 273 g/mol. The van der Waals surface area contributed by atoms with E-state index in [1.165, 1.54) is 7.11 Å². The molecule has 0 amide bonds. The number of nitrogens with one attached hydrogen (secondary N) is 1. The van der Waals surface area contributed by atoms with Crippen molar-refractivity contribution in [1.82, 2.24) is 4.72 Å². The van der Waals surface area contributed by atoms with E-state index in [1.54, 1.807) is 24.3 Å². The van der Waals surface area contributed by atoms with Crippen LogP contribution in [0, 0.1) is 0 Å². The molecule has 0 radical (unpaired) electrons. The second kappa shape index (κ2) is 5.83. The number of hydrogen-bond acceptors (Lipinski definition) is 4. The third-order valence-corrected chi connectivity index (χ3v) is 4.13. The fourth-order valence-electron chi connectivity index (χ4n) is 1.19. The number of carboxylic acids is 1. The Kier molecular flexibility index (Phi) is 4.69. The van der Waals surface area contributed by atoms with E-state index in [0.717, 1.165) is 12.5 Å². The number of hydrogen-bond donors (Lipinski definition) is 2. The third-order valence-electron chi connectivity index (χ3n) is 2.45. The van der Waals surface area contributed by atoms with E-state index in [1.807, 2.05) is 0 Å². The zero-order valence-electron chi connectivity index (χ0n) is 10.1. The lowest BCUT2D eigenvalue weighted by Gasteiger charge is -2.10. The summed E-state index contributed by atoms with van der Waals surface area (Å²) >= 11 is 0. The predicted octanol–water partition coefficient (Wildman–Crippen LogP) is 0.588. The van der Waals surface area contributed by atoms with E-state index in [-0.39, 0.29) is 6.54 Å². The quantitative estimate of drug-likeness (QED) is 0.791. The highest BCUT2D eigenvalue weighted by Gasteiger charge is 2.26. The number of carbonyl (C=O) groups is 1. The SMILES string of the molecule is COc1ccc(CNS(=O)(=O)C(C)C(=O)O)cc1. The van der Waals surface area contributed by atoms with Gasteiger partial charge in [-0.1, -0.05) is 12.1 Å². The van der Waals surface area contributed by atoms with Crippen molar-refractivity contribution in [2.75, 3.05) is 7.11 Å². The van der Waals surface area contributed by atoms with Gasteiger partial charge in [0.2, 0.25) is 10.0 Å². The van der Waals surface area contributed by atoms with Crippen molar-refractivity contribution in [3.63, 3.8) is 0 Å². The van der Waals surface area contributed by atoms with Crippen molar-refractivity contribution in [2.45, 2.75) is 18.7 Å². The molecule has 0 saturated carbocycles. The number of rotatable bonds is 6. The Bertz CT molecular complexity index is 509. The lowest BCUT2D eigenvalue weighted by atomic mass is 10.2. The van der Waals surface area contributed by atoms with Crippen molar-refractivity contribution in [3.8, 4) is 5.75 Å². The molecule has 0 saturated heterocycles. The number of carboxylic acid groups (broad SMARTS) is 1. The molecule has 7 heteroatoms. The van der Waals surface area contributed by atoms with E-state index in [9.17, 15) is 13.2 Å². The van der Waals surface area contributed by atoms with Gasteiger partial charge in [0.05, 0.1) is 7.11 Å². The van der Waals surface area contributed by atoms with E-state index in [4.69, 9.17) is 9.84 Å². The molecule has 18 heavy (non-hydrogen) atoms. The summed E-state index contributed by atoms with van der Waals surface area (Å²) in [6.07, 6.45) is 0. The molecule has 1 rings (SSSR count). The van der Waals surface area contributed by atoms with Crippen molar-refractivity contribution < 1.29 is 23.1 Å². The molecule has 2 N–H and O–H groups in total. The first kappa shape index (κ1) is 14.5. The number of aliphatic carboxylic acids is 1. The Balaban J connectivity index is 2.67. The predicted molar refractivity (Wildman–Crippen MR) is 65.9 cm³/mol. The smallest absolute Gasteiger partial charge is 0.323 e. The summed E-state index contributed by atoms with van der Waals surface area (Å²) in [5, 5.41) is 7.17. The van der Waals surface area contributed by atoms with Crippen LogP contribution in [-0.2, 0) is 21.4 Å². The Morgan fingerprint density at radius 1 is 1.39 bits per heavy atom. The lowest BCUT2D eigenvalue weighted by Crippen LogP contribution is -2.37. The number of sulfonamides is 1. The van der Waals surface area contributed by atoms with Gasteiger partial charge in [-0.25, -0.2) is 13.1 Å². The normalized spacial score (nSPS) is 13.0. The molecule has 0 spiro atoms. The molecule has 0 bridgehead atoms. The van der Waals surface area contributed by atoms with Crippen molar-refractivity contribution >= 4 is 16.0 Å². The molecule has 0 heterocycles. The molecule has 1 aromatic rings. The van der Waals surface area contributed by atoms with Gasteiger partial charge >= 0.3 is 5.97 Å². The first-order valence-corrected chi connectivity index (χ1v) is 6.75. The highest BCUT2D eigenvalue weighted by molar-refractivity contribution is 7.90. The monoisotopic (exact) mass is 273 g/mol. The van der Waals surface area contributed by atoms with Crippen LogP contribution in [0.3, 0.4) is 0 Å². The van der Waals surface area contributed by atoms with Gasteiger partial charge in [-0.2, -0.15) is 0 Å². The number of methoxy groups -OCH3 is 1. The van der Waals surface area contributed by atoms with E-state index < -0.39 is 21.2 Å². The summed E-state index contributed by atoms with van der Waals surface area (Å²) < 4.78 is 30.3. The summed E-state index contributed by atoms with van der Waals surface area (Å²) in [6, 6.07) is 6.80. The lowest BCUT2D eigenvalue weighted by molar-refractivity contribution is -0.136. The minimum absolute atomic E-state index is 0.0456. The van der Waals surface area contributed by atoms with Crippen LogP contribution < -0.4 is 9.46 Å². The van der Waals surface area contributed by atoms with Crippen molar-refractivity contribution in [3.05, 3.63) is 29.8 Å². The van der Waals surface area contributed by atoms with Gasteiger partial charge in [-0.05, 0) is 24.6 Å². The minimum Gasteiger partial charge on any atom is -0.497 e. The van der Waals surface area contributed by atoms with Crippen LogP contribution in [0.15, 0.2) is 24.3 Å². The molecule has 1 unspecified atom stereocenters. The van der Waals surface area contributed by atoms with Gasteiger partial charge in [-0.3, -0.25) is 4.79 Å². The van der Waals surface area contributed by atoms with E-state index in [2.05, 4.69) is 4.72 Å². The third kappa shape index (κ3) is 3.71. The summed E-state index contributed by atoms with van der Waals surface area (Å²) in [5.41, 5.74) is 0.719. The number of ether oxygens (including phenoxy) is 1. The largest absolute Gasteiger partial charge is 0.497 e. The highest BCUT2D eigenvalue weighted by atomic mass is 32.2. The fourth-order valence-corrected chi connectivity index (χ4v) is 2.07. The maximum atomic E-state index is 11.6. The first-order chi connectivity index (χ1) is 8.36. The van der Waals surface area contributed by atoms with E-state index in [0.29, 0.717) is 5.75 Å².